The van der Waals surface area contributed by atoms with Crippen LogP contribution in [0, 0.1) is 5.92 Å². The summed E-state index contributed by atoms with van der Waals surface area (Å²) >= 11 is 0. The number of rotatable bonds is 9. The van der Waals surface area contributed by atoms with Crippen molar-refractivity contribution in [3.63, 3.8) is 0 Å². The minimum atomic E-state index is 0.693. The van der Waals surface area contributed by atoms with Crippen LogP contribution < -0.4 is 5.32 Å². The standard InChI is InChI=1S/C15H31NO/c1-3-15(16-4-2)11-8-12-17-13-14-9-6-5-7-10-14/h14-16H,3-13H2,1-2H3. The van der Waals surface area contributed by atoms with Crippen LogP contribution in [0.1, 0.15) is 65.2 Å². The van der Waals surface area contributed by atoms with Gasteiger partial charge in [-0.2, -0.15) is 0 Å². The maximum absolute atomic E-state index is 5.82. The molecule has 1 rings (SSSR count). The Kier molecular flexibility index (Phi) is 8.72. The van der Waals surface area contributed by atoms with Crippen LogP contribution in [0.4, 0.5) is 0 Å². The molecule has 1 atom stereocenters. The molecule has 1 aliphatic carbocycles. The molecule has 0 bridgehead atoms. The largest absolute Gasteiger partial charge is 0.381 e. The lowest BCUT2D eigenvalue weighted by Crippen LogP contribution is -2.28. The fraction of sp³-hybridized carbons (Fsp3) is 1.00. The van der Waals surface area contributed by atoms with Crippen LogP contribution in [0.3, 0.4) is 0 Å². The lowest BCUT2D eigenvalue weighted by atomic mass is 9.90. The van der Waals surface area contributed by atoms with Gasteiger partial charge in [0.25, 0.3) is 0 Å². The van der Waals surface area contributed by atoms with Crippen LogP contribution in [0.5, 0.6) is 0 Å². The molecule has 2 heteroatoms. The maximum atomic E-state index is 5.82. The van der Waals surface area contributed by atoms with E-state index < -0.39 is 0 Å². The molecule has 2 nitrogen and oxygen atoms in total. The second-order valence-corrected chi connectivity index (χ2v) is 5.38. The smallest absolute Gasteiger partial charge is 0.0494 e. The topological polar surface area (TPSA) is 21.3 Å². The van der Waals surface area contributed by atoms with E-state index in [-0.39, 0.29) is 0 Å². The Hall–Kier alpha value is -0.0800. The first-order valence-electron chi connectivity index (χ1n) is 7.68. The van der Waals surface area contributed by atoms with Crippen molar-refractivity contribution in [2.75, 3.05) is 19.8 Å². The lowest BCUT2D eigenvalue weighted by molar-refractivity contribution is 0.0813. The van der Waals surface area contributed by atoms with Gasteiger partial charge in [0.2, 0.25) is 0 Å². The zero-order chi connectivity index (χ0) is 12.3. The van der Waals surface area contributed by atoms with Crippen LogP contribution in [0.2, 0.25) is 0 Å². The molecule has 1 aliphatic rings. The Labute approximate surface area is 108 Å². The van der Waals surface area contributed by atoms with Gasteiger partial charge in [-0.05, 0) is 44.6 Å². The Morgan fingerprint density at radius 1 is 1.18 bits per heavy atom. The fourth-order valence-electron chi connectivity index (χ4n) is 2.77. The van der Waals surface area contributed by atoms with E-state index in [2.05, 4.69) is 19.2 Å². The molecule has 1 fully saturated rings. The third kappa shape index (κ3) is 7.05. The van der Waals surface area contributed by atoms with Crippen molar-refractivity contribution in [2.45, 2.75) is 71.3 Å². The van der Waals surface area contributed by atoms with E-state index >= 15 is 0 Å². The fourth-order valence-corrected chi connectivity index (χ4v) is 2.77. The van der Waals surface area contributed by atoms with Crippen molar-refractivity contribution >= 4 is 0 Å². The molecule has 1 saturated carbocycles. The number of nitrogens with one attached hydrogen (secondary N) is 1. The third-order valence-corrected chi connectivity index (χ3v) is 3.91. The number of ether oxygens (including phenoxy) is 1. The molecular weight excluding hydrogens is 210 g/mol. The predicted octanol–water partition coefficient (Wildman–Crippen LogP) is 3.75. The number of hydrogen-bond acceptors (Lipinski definition) is 2. The molecular formula is C15H31NO. The van der Waals surface area contributed by atoms with Crippen LogP contribution in [-0.2, 0) is 4.74 Å². The van der Waals surface area contributed by atoms with E-state index in [9.17, 15) is 0 Å². The van der Waals surface area contributed by atoms with Gasteiger partial charge in [0.1, 0.15) is 0 Å². The van der Waals surface area contributed by atoms with E-state index in [4.69, 9.17) is 4.74 Å². The molecule has 0 saturated heterocycles. The first-order chi connectivity index (χ1) is 8.36. The Morgan fingerprint density at radius 3 is 2.59 bits per heavy atom. The normalized spacial score (nSPS) is 19.4. The molecule has 0 aromatic carbocycles. The van der Waals surface area contributed by atoms with E-state index in [0.29, 0.717) is 6.04 Å². The summed E-state index contributed by atoms with van der Waals surface area (Å²) in [4.78, 5) is 0. The average Bonchev–Trinajstić information content (AvgIpc) is 2.38. The Bertz CT molecular complexity index is 160. The predicted molar refractivity (Wildman–Crippen MR) is 74.4 cm³/mol. The summed E-state index contributed by atoms with van der Waals surface area (Å²) in [6, 6.07) is 0.693. The zero-order valence-electron chi connectivity index (χ0n) is 11.8. The molecule has 0 aliphatic heterocycles. The quantitative estimate of drug-likeness (QED) is 0.621. The minimum absolute atomic E-state index is 0.693. The van der Waals surface area contributed by atoms with Gasteiger partial charge < -0.3 is 10.1 Å². The summed E-state index contributed by atoms with van der Waals surface area (Å²) in [5.41, 5.74) is 0. The van der Waals surface area contributed by atoms with E-state index in [1.165, 1.54) is 51.4 Å². The molecule has 0 spiro atoms. The third-order valence-electron chi connectivity index (χ3n) is 3.91. The van der Waals surface area contributed by atoms with Gasteiger partial charge in [-0.15, -0.1) is 0 Å². The maximum Gasteiger partial charge on any atom is 0.0494 e. The van der Waals surface area contributed by atoms with Crippen molar-refractivity contribution in [1.29, 1.82) is 0 Å². The molecule has 0 aromatic rings. The minimum Gasteiger partial charge on any atom is -0.381 e. The Balaban J connectivity index is 1.92. The second kappa shape index (κ2) is 9.90. The highest BCUT2D eigenvalue weighted by molar-refractivity contribution is 4.66. The van der Waals surface area contributed by atoms with Crippen molar-refractivity contribution < 1.29 is 4.74 Å². The summed E-state index contributed by atoms with van der Waals surface area (Å²) in [5.74, 6) is 0.861. The summed E-state index contributed by atoms with van der Waals surface area (Å²) in [6.45, 7) is 7.50. The highest BCUT2D eigenvalue weighted by Crippen LogP contribution is 2.23. The van der Waals surface area contributed by atoms with E-state index in [1.807, 2.05) is 0 Å². The van der Waals surface area contributed by atoms with Crippen molar-refractivity contribution in [3.8, 4) is 0 Å². The molecule has 0 aromatic heterocycles. The van der Waals surface area contributed by atoms with Gasteiger partial charge in [0.15, 0.2) is 0 Å². The van der Waals surface area contributed by atoms with Gasteiger partial charge in [-0.1, -0.05) is 33.1 Å². The first-order valence-corrected chi connectivity index (χ1v) is 7.68. The highest BCUT2D eigenvalue weighted by atomic mass is 16.5. The molecule has 102 valence electrons. The van der Waals surface area contributed by atoms with Crippen molar-refractivity contribution in [3.05, 3.63) is 0 Å². The summed E-state index contributed by atoms with van der Waals surface area (Å²) in [7, 11) is 0. The van der Waals surface area contributed by atoms with Gasteiger partial charge in [-0.25, -0.2) is 0 Å². The van der Waals surface area contributed by atoms with Gasteiger partial charge in [0, 0.05) is 19.3 Å². The van der Waals surface area contributed by atoms with Gasteiger partial charge in [-0.3, -0.25) is 0 Å². The van der Waals surface area contributed by atoms with Crippen LogP contribution in [-0.4, -0.2) is 25.8 Å². The Morgan fingerprint density at radius 2 is 1.94 bits per heavy atom. The molecule has 0 radical (unpaired) electrons. The SMILES string of the molecule is CCNC(CC)CCCOCC1CCCCC1. The first kappa shape index (κ1) is 15.0. The van der Waals surface area contributed by atoms with Crippen LogP contribution >= 0.6 is 0 Å². The van der Waals surface area contributed by atoms with E-state index in [1.54, 1.807) is 0 Å². The van der Waals surface area contributed by atoms with E-state index in [0.717, 1.165) is 25.7 Å². The average molecular weight is 241 g/mol. The second-order valence-electron chi connectivity index (χ2n) is 5.38. The highest BCUT2D eigenvalue weighted by Gasteiger charge is 2.13. The van der Waals surface area contributed by atoms with Crippen LogP contribution in [0.15, 0.2) is 0 Å². The molecule has 1 N–H and O–H groups in total. The summed E-state index contributed by atoms with van der Waals surface area (Å²) in [6.07, 6.45) is 10.8. The molecule has 0 amide bonds. The molecule has 1 unspecified atom stereocenters. The molecule has 17 heavy (non-hydrogen) atoms. The monoisotopic (exact) mass is 241 g/mol. The van der Waals surface area contributed by atoms with Gasteiger partial charge >= 0.3 is 0 Å². The summed E-state index contributed by atoms with van der Waals surface area (Å²) < 4.78 is 5.82. The zero-order valence-corrected chi connectivity index (χ0v) is 11.8. The van der Waals surface area contributed by atoms with Crippen molar-refractivity contribution in [1.82, 2.24) is 5.32 Å². The van der Waals surface area contributed by atoms with Gasteiger partial charge in [0.05, 0.1) is 0 Å². The van der Waals surface area contributed by atoms with Crippen LogP contribution in [0.25, 0.3) is 0 Å². The summed E-state index contributed by atoms with van der Waals surface area (Å²) in [5, 5.41) is 3.52. The lowest BCUT2D eigenvalue weighted by Gasteiger charge is -2.21. The molecule has 0 heterocycles. The van der Waals surface area contributed by atoms with Crippen molar-refractivity contribution in [2.24, 2.45) is 5.92 Å². The number of hydrogen-bond donors (Lipinski definition) is 1.